The first-order chi connectivity index (χ1) is 10.5. The molecule has 1 aromatic heterocycles. The predicted molar refractivity (Wildman–Crippen MR) is 86.2 cm³/mol. The number of allylic oxidation sites excluding steroid dienone is 1. The molecule has 2 rings (SSSR count). The van der Waals surface area contributed by atoms with E-state index in [1.165, 1.54) is 36.0 Å². The van der Waals surface area contributed by atoms with Crippen molar-refractivity contribution in [2.45, 2.75) is 5.16 Å². The molecule has 2 aromatic rings. The Hall–Kier alpha value is -2.21. The van der Waals surface area contributed by atoms with Crippen LogP contribution in [0.3, 0.4) is 0 Å². The van der Waals surface area contributed by atoms with Crippen molar-refractivity contribution >= 4 is 23.1 Å². The summed E-state index contributed by atoms with van der Waals surface area (Å²) in [6, 6.07) is 7.17. The van der Waals surface area contributed by atoms with Crippen molar-refractivity contribution in [3.8, 4) is 0 Å². The molecule has 0 aliphatic carbocycles. The number of hydrogen-bond donors (Lipinski definition) is 0. The third-order valence-corrected chi connectivity index (χ3v) is 3.39. The molecule has 0 fully saturated rings. The van der Waals surface area contributed by atoms with Gasteiger partial charge in [0.05, 0.1) is 11.3 Å². The molecule has 0 bridgehead atoms. The first-order valence-electron chi connectivity index (χ1n) is 6.57. The molecule has 0 spiro atoms. The van der Waals surface area contributed by atoms with Crippen LogP contribution in [0.25, 0.3) is 5.57 Å². The van der Waals surface area contributed by atoms with E-state index in [-0.39, 0.29) is 11.6 Å². The van der Waals surface area contributed by atoms with Gasteiger partial charge in [-0.15, -0.1) is 0 Å². The number of carbonyl (C=O) groups is 1. The summed E-state index contributed by atoms with van der Waals surface area (Å²) in [7, 11) is 3.66. The lowest BCUT2D eigenvalue weighted by Gasteiger charge is -2.11. The van der Waals surface area contributed by atoms with Crippen molar-refractivity contribution < 1.29 is 9.18 Å². The van der Waals surface area contributed by atoms with Gasteiger partial charge in [0.1, 0.15) is 5.82 Å². The lowest BCUT2D eigenvalue weighted by atomic mass is 10.0. The quantitative estimate of drug-likeness (QED) is 0.367. The number of ketones is 1. The van der Waals surface area contributed by atoms with Crippen molar-refractivity contribution in [2.75, 3.05) is 20.4 Å². The SMILES string of the molecule is CSc1nccc(C(=CN(C)C)C(=O)c2ccc(F)cc2)n1. The molecule has 0 N–H and O–H groups in total. The zero-order chi connectivity index (χ0) is 16.1. The van der Waals surface area contributed by atoms with E-state index >= 15 is 0 Å². The Labute approximate surface area is 133 Å². The second-order valence-corrected chi connectivity index (χ2v) is 5.54. The van der Waals surface area contributed by atoms with Crippen LogP contribution in [0.4, 0.5) is 4.39 Å². The van der Waals surface area contributed by atoms with Crippen LogP contribution in [0.2, 0.25) is 0 Å². The normalized spacial score (nSPS) is 11.4. The fourth-order valence-electron chi connectivity index (χ4n) is 1.85. The van der Waals surface area contributed by atoms with E-state index < -0.39 is 0 Å². The zero-order valence-corrected chi connectivity index (χ0v) is 13.4. The Morgan fingerprint density at radius 3 is 2.50 bits per heavy atom. The van der Waals surface area contributed by atoms with Crippen LogP contribution in [0.15, 0.2) is 47.9 Å². The fourth-order valence-corrected chi connectivity index (χ4v) is 2.20. The van der Waals surface area contributed by atoms with E-state index in [4.69, 9.17) is 0 Å². The maximum absolute atomic E-state index is 13.0. The molecule has 0 aliphatic heterocycles. The van der Waals surface area contributed by atoms with Crippen molar-refractivity contribution in [2.24, 2.45) is 0 Å². The van der Waals surface area contributed by atoms with E-state index in [2.05, 4.69) is 9.97 Å². The van der Waals surface area contributed by atoms with E-state index in [1.54, 1.807) is 23.4 Å². The molecule has 0 unspecified atom stereocenters. The van der Waals surface area contributed by atoms with E-state index in [0.717, 1.165) is 0 Å². The van der Waals surface area contributed by atoms with Crippen LogP contribution in [0, 0.1) is 5.82 Å². The molecular formula is C16H16FN3OS. The molecule has 0 aliphatic rings. The summed E-state index contributed by atoms with van der Waals surface area (Å²) in [6.45, 7) is 0. The first kappa shape index (κ1) is 16.2. The van der Waals surface area contributed by atoms with Crippen LogP contribution < -0.4 is 0 Å². The monoisotopic (exact) mass is 317 g/mol. The highest BCUT2D eigenvalue weighted by atomic mass is 32.2. The van der Waals surface area contributed by atoms with Crippen molar-refractivity contribution in [3.05, 3.63) is 59.8 Å². The topological polar surface area (TPSA) is 46.1 Å². The van der Waals surface area contributed by atoms with E-state index in [1.807, 2.05) is 20.4 Å². The van der Waals surface area contributed by atoms with Gasteiger partial charge in [0.2, 0.25) is 0 Å². The van der Waals surface area contributed by atoms with Crippen molar-refractivity contribution in [1.29, 1.82) is 0 Å². The van der Waals surface area contributed by atoms with Gasteiger partial charge in [0.15, 0.2) is 10.9 Å². The minimum absolute atomic E-state index is 0.209. The van der Waals surface area contributed by atoms with Gasteiger partial charge in [0, 0.05) is 32.1 Å². The highest BCUT2D eigenvalue weighted by molar-refractivity contribution is 7.98. The molecule has 6 heteroatoms. The third-order valence-electron chi connectivity index (χ3n) is 2.83. The minimum atomic E-state index is -0.374. The summed E-state index contributed by atoms with van der Waals surface area (Å²) < 4.78 is 13.0. The maximum atomic E-state index is 13.0. The second kappa shape index (κ2) is 7.17. The predicted octanol–water partition coefficient (Wildman–Crippen LogP) is 3.12. The molecule has 0 atom stereocenters. The lowest BCUT2D eigenvalue weighted by molar-refractivity contribution is 0.105. The molecule has 0 amide bonds. The molecule has 22 heavy (non-hydrogen) atoms. The van der Waals surface area contributed by atoms with Crippen molar-refractivity contribution in [3.63, 3.8) is 0 Å². The van der Waals surface area contributed by atoms with Crippen LogP contribution in [0.5, 0.6) is 0 Å². The Morgan fingerprint density at radius 2 is 1.91 bits per heavy atom. The van der Waals surface area contributed by atoms with Gasteiger partial charge in [-0.1, -0.05) is 11.8 Å². The average Bonchev–Trinajstić information content (AvgIpc) is 2.52. The van der Waals surface area contributed by atoms with Gasteiger partial charge in [-0.2, -0.15) is 0 Å². The minimum Gasteiger partial charge on any atom is -0.383 e. The fraction of sp³-hybridized carbons (Fsp3) is 0.188. The number of aromatic nitrogens is 2. The molecule has 1 aromatic carbocycles. The Balaban J connectivity index is 2.46. The average molecular weight is 317 g/mol. The van der Waals surface area contributed by atoms with Gasteiger partial charge >= 0.3 is 0 Å². The van der Waals surface area contributed by atoms with Crippen LogP contribution in [-0.2, 0) is 0 Å². The smallest absolute Gasteiger partial charge is 0.196 e. The number of hydrogen-bond acceptors (Lipinski definition) is 5. The number of nitrogens with zero attached hydrogens (tertiary/aromatic N) is 3. The van der Waals surface area contributed by atoms with E-state index in [0.29, 0.717) is 22.0 Å². The lowest BCUT2D eigenvalue weighted by Crippen LogP contribution is -2.11. The van der Waals surface area contributed by atoms with Crippen LogP contribution in [-0.4, -0.2) is 41.0 Å². The molecule has 0 saturated heterocycles. The summed E-state index contributed by atoms with van der Waals surface area (Å²) in [5.41, 5.74) is 1.40. The number of halogens is 1. The largest absolute Gasteiger partial charge is 0.383 e. The van der Waals surface area contributed by atoms with Crippen LogP contribution >= 0.6 is 11.8 Å². The Kier molecular flexibility index (Phi) is 5.27. The second-order valence-electron chi connectivity index (χ2n) is 4.77. The molecular weight excluding hydrogens is 301 g/mol. The van der Waals surface area contributed by atoms with Gasteiger partial charge in [0.25, 0.3) is 0 Å². The third kappa shape index (κ3) is 3.92. The summed E-state index contributed by atoms with van der Waals surface area (Å²) in [5, 5.41) is 0.592. The zero-order valence-electron chi connectivity index (χ0n) is 12.6. The number of benzene rings is 1. The molecule has 1 heterocycles. The highest BCUT2D eigenvalue weighted by Gasteiger charge is 2.17. The number of Topliss-reactive ketones (excluding diaryl/α,β-unsaturated/α-hetero) is 1. The highest BCUT2D eigenvalue weighted by Crippen LogP contribution is 2.20. The Bertz CT molecular complexity index is 699. The van der Waals surface area contributed by atoms with E-state index in [9.17, 15) is 9.18 Å². The molecule has 0 radical (unpaired) electrons. The van der Waals surface area contributed by atoms with Crippen molar-refractivity contribution in [1.82, 2.24) is 14.9 Å². The maximum Gasteiger partial charge on any atom is 0.196 e. The summed E-state index contributed by atoms with van der Waals surface area (Å²) >= 11 is 1.40. The number of carbonyl (C=O) groups excluding carboxylic acids is 1. The van der Waals surface area contributed by atoms with Gasteiger partial charge < -0.3 is 4.90 Å². The standard InChI is InChI=1S/C16H16FN3OS/c1-20(2)10-13(14-8-9-18-16(19-14)22-3)15(21)11-4-6-12(17)7-5-11/h4-10H,1-3H3. The van der Waals surface area contributed by atoms with Crippen LogP contribution in [0.1, 0.15) is 16.1 Å². The Morgan fingerprint density at radius 1 is 1.23 bits per heavy atom. The summed E-state index contributed by atoms with van der Waals surface area (Å²) in [5.74, 6) is -0.583. The molecule has 0 saturated carbocycles. The molecule has 114 valence electrons. The number of thioether (sulfide) groups is 1. The summed E-state index contributed by atoms with van der Waals surface area (Å²) in [6.07, 6.45) is 5.20. The number of rotatable bonds is 5. The van der Waals surface area contributed by atoms with Gasteiger partial charge in [-0.3, -0.25) is 4.79 Å². The summed E-state index contributed by atoms with van der Waals surface area (Å²) in [4.78, 5) is 23.0. The van der Waals surface area contributed by atoms with Gasteiger partial charge in [-0.05, 0) is 36.6 Å². The first-order valence-corrected chi connectivity index (χ1v) is 7.79. The van der Waals surface area contributed by atoms with Gasteiger partial charge in [-0.25, -0.2) is 14.4 Å². The molecule has 4 nitrogen and oxygen atoms in total.